The quantitative estimate of drug-likeness (QED) is 0.772. The number of pyridine rings is 1. The van der Waals surface area contributed by atoms with Gasteiger partial charge in [0.2, 0.25) is 0 Å². The summed E-state index contributed by atoms with van der Waals surface area (Å²) in [5.41, 5.74) is 1.10. The van der Waals surface area contributed by atoms with Gasteiger partial charge in [-0.05, 0) is 30.7 Å². The minimum atomic E-state index is 0.724. The lowest BCUT2D eigenvalue weighted by Crippen LogP contribution is -2.07. The minimum Gasteiger partial charge on any atom is -0.494 e. The molecule has 0 saturated heterocycles. The van der Waals surface area contributed by atoms with Gasteiger partial charge in [0.25, 0.3) is 0 Å². The number of anilines is 1. The fourth-order valence-corrected chi connectivity index (χ4v) is 1.48. The van der Waals surface area contributed by atoms with Crippen LogP contribution in [0.4, 0.5) is 5.69 Å². The van der Waals surface area contributed by atoms with Gasteiger partial charge in [0.15, 0.2) is 0 Å². The van der Waals surface area contributed by atoms with Gasteiger partial charge in [0.1, 0.15) is 5.75 Å². The number of nitrogens with one attached hydrogen (secondary N) is 1. The lowest BCUT2D eigenvalue weighted by atomic mass is 10.3. The van der Waals surface area contributed by atoms with Crippen LogP contribution in [0.5, 0.6) is 5.75 Å². The lowest BCUT2D eigenvalue weighted by Gasteiger charge is -2.07. The normalized spacial score (nSPS) is 9.88. The van der Waals surface area contributed by atoms with E-state index in [9.17, 15) is 0 Å². The zero-order valence-corrected chi connectivity index (χ0v) is 9.67. The maximum atomic E-state index is 5.59. The Hall–Kier alpha value is -2.03. The van der Waals surface area contributed by atoms with Gasteiger partial charge < -0.3 is 10.1 Å². The maximum absolute atomic E-state index is 5.59. The predicted molar refractivity (Wildman–Crippen MR) is 69.3 cm³/mol. The molecule has 1 heterocycles. The molecule has 0 fully saturated rings. The van der Waals surface area contributed by atoms with E-state index in [0.717, 1.165) is 31.0 Å². The first-order valence-corrected chi connectivity index (χ1v) is 5.77. The third-order valence-electron chi connectivity index (χ3n) is 2.34. The molecule has 0 atom stereocenters. The number of hydrogen-bond donors (Lipinski definition) is 1. The van der Waals surface area contributed by atoms with Gasteiger partial charge >= 0.3 is 0 Å². The highest BCUT2D eigenvalue weighted by molar-refractivity contribution is 5.40. The molecule has 0 bridgehead atoms. The van der Waals surface area contributed by atoms with Crippen molar-refractivity contribution >= 4 is 5.69 Å². The van der Waals surface area contributed by atoms with E-state index in [1.807, 2.05) is 42.5 Å². The zero-order chi connectivity index (χ0) is 11.8. The first-order chi connectivity index (χ1) is 8.45. The van der Waals surface area contributed by atoms with E-state index in [0.29, 0.717) is 0 Å². The van der Waals surface area contributed by atoms with Gasteiger partial charge in [-0.15, -0.1) is 0 Å². The van der Waals surface area contributed by atoms with Crippen LogP contribution in [0.15, 0.2) is 54.9 Å². The van der Waals surface area contributed by atoms with E-state index in [2.05, 4.69) is 10.3 Å². The Labute approximate surface area is 101 Å². The van der Waals surface area contributed by atoms with E-state index in [-0.39, 0.29) is 0 Å². The van der Waals surface area contributed by atoms with Crippen LogP contribution < -0.4 is 10.1 Å². The Balaban J connectivity index is 1.61. The first kappa shape index (κ1) is 11.5. The predicted octanol–water partition coefficient (Wildman–Crippen LogP) is 2.96. The van der Waals surface area contributed by atoms with Crippen LogP contribution in [-0.2, 0) is 0 Å². The fourth-order valence-electron chi connectivity index (χ4n) is 1.48. The van der Waals surface area contributed by atoms with Gasteiger partial charge in [0, 0.05) is 24.6 Å². The summed E-state index contributed by atoms with van der Waals surface area (Å²) < 4.78 is 5.59. The third kappa shape index (κ3) is 4.15. The van der Waals surface area contributed by atoms with Gasteiger partial charge in [-0.2, -0.15) is 0 Å². The Kier molecular flexibility index (Phi) is 4.40. The molecule has 0 aliphatic heterocycles. The summed E-state index contributed by atoms with van der Waals surface area (Å²) in [4.78, 5) is 3.96. The van der Waals surface area contributed by atoms with Crippen LogP contribution in [0.25, 0.3) is 0 Å². The Morgan fingerprint density at radius 3 is 2.53 bits per heavy atom. The minimum absolute atomic E-state index is 0.724. The van der Waals surface area contributed by atoms with Crippen molar-refractivity contribution in [2.75, 3.05) is 18.5 Å². The summed E-state index contributed by atoms with van der Waals surface area (Å²) in [5, 5.41) is 3.31. The second-order valence-corrected chi connectivity index (χ2v) is 3.68. The van der Waals surface area contributed by atoms with Crippen molar-refractivity contribution < 1.29 is 4.74 Å². The number of nitrogens with zero attached hydrogens (tertiary/aromatic N) is 1. The molecule has 3 nitrogen and oxygen atoms in total. The number of benzene rings is 1. The average molecular weight is 228 g/mol. The van der Waals surface area contributed by atoms with Crippen molar-refractivity contribution in [1.29, 1.82) is 0 Å². The van der Waals surface area contributed by atoms with Crippen LogP contribution in [-0.4, -0.2) is 18.1 Å². The molecule has 1 aromatic heterocycles. The monoisotopic (exact) mass is 228 g/mol. The highest BCUT2D eigenvalue weighted by atomic mass is 16.5. The molecule has 17 heavy (non-hydrogen) atoms. The number of para-hydroxylation sites is 1. The smallest absolute Gasteiger partial charge is 0.119 e. The van der Waals surface area contributed by atoms with E-state index in [4.69, 9.17) is 4.74 Å². The molecule has 0 radical (unpaired) electrons. The van der Waals surface area contributed by atoms with Crippen molar-refractivity contribution in [3.63, 3.8) is 0 Å². The number of aromatic nitrogens is 1. The number of hydrogen-bond acceptors (Lipinski definition) is 3. The zero-order valence-electron chi connectivity index (χ0n) is 9.67. The SMILES string of the molecule is c1ccc(OCCCNc2ccncc2)cc1. The molecule has 0 unspecified atom stereocenters. The van der Waals surface area contributed by atoms with Gasteiger partial charge in [-0.3, -0.25) is 4.98 Å². The van der Waals surface area contributed by atoms with Crippen molar-refractivity contribution in [3.05, 3.63) is 54.9 Å². The summed E-state index contributed by atoms with van der Waals surface area (Å²) in [6, 6.07) is 13.8. The second-order valence-electron chi connectivity index (χ2n) is 3.68. The molecular formula is C14H16N2O. The average Bonchev–Trinajstić information content (AvgIpc) is 2.41. The molecule has 2 rings (SSSR count). The van der Waals surface area contributed by atoms with Crippen LogP contribution in [0.3, 0.4) is 0 Å². The van der Waals surface area contributed by atoms with Crippen LogP contribution in [0, 0.1) is 0 Å². The fraction of sp³-hybridized carbons (Fsp3) is 0.214. The van der Waals surface area contributed by atoms with E-state index < -0.39 is 0 Å². The molecule has 0 aliphatic rings. The number of rotatable bonds is 6. The molecule has 0 spiro atoms. The van der Waals surface area contributed by atoms with Gasteiger partial charge in [-0.25, -0.2) is 0 Å². The van der Waals surface area contributed by atoms with Crippen molar-refractivity contribution in [3.8, 4) is 5.75 Å². The summed E-state index contributed by atoms with van der Waals surface area (Å²) in [7, 11) is 0. The first-order valence-electron chi connectivity index (χ1n) is 5.77. The van der Waals surface area contributed by atoms with Crippen molar-refractivity contribution in [2.45, 2.75) is 6.42 Å². The second kappa shape index (κ2) is 6.53. The third-order valence-corrected chi connectivity index (χ3v) is 2.34. The van der Waals surface area contributed by atoms with Gasteiger partial charge in [-0.1, -0.05) is 18.2 Å². The van der Waals surface area contributed by atoms with E-state index in [1.165, 1.54) is 0 Å². The Morgan fingerprint density at radius 2 is 1.76 bits per heavy atom. The topological polar surface area (TPSA) is 34.1 Å². The molecule has 1 aromatic carbocycles. The molecule has 1 N–H and O–H groups in total. The summed E-state index contributed by atoms with van der Waals surface area (Å²) in [5.74, 6) is 0.927. The van der Waals surface area contributed by atoms with Gasteiger partial charge in [0.05, 0.1) is 6.61 Å². The molecule has 88 valence electrons. The van der Waals surface area contributed by atoms with Crippen molar-refractivity contribution in [1.82, 2.24) is 4.98 Å². The molecule has 2 aromatic rings. The maximum Gasteiger partial charge on any atom is 0.119 e. The largest absolute Gasteiger partial charge is 0.494 e. The van der Waals surface area contributed by atoms with Crippen LogP contribution in [0.2, 0.25) is 0 Å². The van der Waals surface area contributed by atoms with E-state index >= 15 is 0 Å². The van der Waals surface area contributed by atoms with Crippen LogP contribution >= 0.6 is 0 Å². The highest BCUT2D eigenvalue weighted by Gasteiger charge is 1.92. The molecule has 0 aliphatic carbocycles. The summed E-state index contributed by atoms with van der Waals surface area (Å²) in [6.45, 7) is 1.62. The molecular weight excluding hydrogens is 212 g/mol. The number of ether oxygens (including phenoxy) is 1. The van der Waals surface area contributed by atoms with E-state index in [1.54, 1.807) is 12.4 Å². The summed E-state index contributed by atoms with van der Waals surface area (Å²) in [6.07, 6.45) is 4.53. The molecule has 3 heteroatoms. The standard InChI is InChI=1S/C14H16N2O/c1-2-5-14(6-3-1)17-12-4-9-16-13-7-10-15-11-8-13/h1-3,5-8,10-11H,4,9,12H2,(H,15,16). The lowest BCUT2D eigenvalue weighted by molar-refractivity contribution is 0.315. The summed E-state index contributed by atoms with van der Waals surface area (Å²) >= 11 is 0. The Morgan fingerprint density at radius 1 is 1.00 bits per heavy atom. The molecule has 0 saturated carbocycles. The van der Waals surface area contributed by atoms with Crippen LogP contribution in [0.1, 0.15) is 6.42 Å². The van der Waals surface area contributed by atoms with Crippen molar-refractivity contribution in [2.24, 2.45) is 0 Å². The molecule has 0 amide bonds. The Bertz CT molecular complexity index is 375. The highest BCUT2D eigenvalue weighted by Crippen LogP contribution is 2.08.